The van der Waals surface area contributed by atoms with Gasteiger partial charge in [-0.1, -0.05) is 0 Å². The Morgan fingerprint density at radius 3 is 2.67 bits per heavy atom. The summed E-state index contributed by atoms with van der Waals surface area (Å²) in [5.74, 6) is 0.433. The van der Waals surface area contributed by atoms with Crippen molar-refractivity contribution in [2.75, 3.05) is 44.2 Å². The van der Waals surface area contributed by atoms with E-state index in [-0.39, 0.29) is 0 Å². The normalized spacial score (nSPS) is 24.5. The van der Waals surface area contributed by atoms with Crippen LogP contribution in [0.2, 0.25) is 0 Å². The Bertz CT molecular complexity index is 485. The lowest BCUT2D eigenvalue weighted by molar-refractivity contribution is -0.137. The number of hydrogen-bond donors (Lipinski definition) is 1. The van der Waals surface area contributed by atoms with Gasteiger partial charge in [0.1, 0.15) is 5.82 Å². The molecule has 4 nitrogen and oxygen atoms in total. The van der Waals surface area contributed by atoms with Gasteiger partial charge in [0, 0.05) is 51.5 Å². The number of nitrogens with one attached hydrogen (secondary N) is 1. The van der Waals surface area contributed by atoms with Gasteiger partial charge in [0.2, 0.25) is 0 Å². The van der Waals surface area contributed by atoms with Gasteiger partial charge in [0.05, 0.1) is 5.56 Å². The molecule has 2 fully saturated rings. The minimum atomic E-state index is -4.31. The number of alkyl halides is 3. The molecule has 116 valence electrons. The maximum absolute atomic E-state index is 12.8. The van der Waals surface area contributed by atoms with E-state index in [9.17, 15) is 13.2 Å². The van der Waals surface area contributed by atoms with Crippen molar-refractivity contribution in [2.45, 2.75) is 18.6 Å². The van der Waals surface area contributed by atoms with Gasteiger partial charge in [-0.2, -0.15) is 13.2 Å². The summed E-state index contributed by atoms with van der Waals surface area (Å²) >= 11 is 0. The lowest BCUT2D eigenvalue weighted by atomic mass is 10.2. The van der Waals surface area contributed by atoms with Crippen LogP contribution < -0.4 is 10.2 Å². The molecule has 0 aliphatic carbocycles. The van der Waals surface area contributed by atoms with Gasteiger partial charge in [-0.15, -0.1) is 0 Å². The number of pyridine rings is 1. The van der Waals surface area contributed by atoms with E-state index in [1.54, 1.807) is 0 Å². The van der Waals surface area contributed by atoms with Crippen molar-refractivity contribution in [3.8, 4) is 0 Å². The van der Waals surface area contributed by atoms with Gasteiger partial charge in [0.15, 0.2) is 0 Å². The quantitative estimate of drug-likeness (QED) is 0.899. The Morgan fingerprint density at radius 2 is 1.95 bits per heavy atom. The maximum atomic E-state index is 12.8. The molecule has 0 spiro atoms. The minimum Gasteiger partial charge on any atom is -0.355 e. The third kappa shape index (κ3) is 3.29. The lowest BCUT2D eigenvalue weighted by Gasteiger charge is -2.32. The zero-order valence-corrected chi connectivity index (χ0v) is 11.7. The van der Waals surface area contributed by atoms with Gasteiger partial charge < -0.3 is 10.2 Å². The number of anilines is 1. The molecule has 0 radical (unpaired) electrons. The lowest BCUT2D eigenvalue weighted by Crippen LogP contribution is -2.49. The van der Waals surface area contributed by atoms with E-state index >= 15 is 0 Å². The first kappa shape index (κ1) is 14.6. The summed E-state index contributed by atoms with van der Waals surface area (Å²) in [5.41, 5.74) is -0.627. The van der Waals surface area contributed by atoms with Crippen LogP contribution in [-0.2, 0) is 6.18 Å². The van der Waals surface area contributed by atoms with Crippen LogP contribution in [0.15, 0.2) is 18.3 Å². The molecular weight excluding hydrogens is 281 g/mol. The summed E-state index contributed by atoms with van der Waals surface area (Å²) in [5, 5.41) is 3.31. The van der Waals surface area contributed by atoms with Crippen LogP contribution in [-0.4, -0.2) is 55.2 Å². The second kappa shape index (κ2) is 5.81. The first-order chi connectivity index (χ1) is 10.0. The maximum Gasteiger partial charge on any atom is 0.416 e. The second-order valence-corrected chi connectivity index (χ2v) is 5.57. The van der Waals surface area contributed by atoms with E-state index in [2.05, 4.69) is 15.2 Å². The molecule has 0 aromatic carbocycles. The number of nitrogens with zero attached hydrogens (tertiary/aromatic N) is 3. The van der Waals surface area contributed by atoms with Crippen molar-refractivity contribution >= 4 is 5.82 Å². The highest BCUT2D eigenvalue weighted by Gasteiger charge is 2.33. The summed E-state index contributed by atoms with van der Waals surface area (Å²) in [6, 6.07) is 2.59. The molecule has 3 heterocycles. The van der Waals surface area contributed by atoms with Gasteiger partial charge in [-0.3, -0.25) is 4.90 Å². The fraction of sp³-hybridized carbons (Fsp3) is 0.643. The molecule has 1 unspecified atom stereocenters. The number of piperazine rings is 1. The summed E-state index contributed by atoms with van der Waals surface area (Å²) in [4.78, 5) is 8.49. The van der Waals surface area contributed by atoms with Crippen LogP contribution >= 0.6 is 0 Å². The van der Waals surface area contributed by atoms with E-state index in [1.165, 1.54) is 6.20 Å². The molecule has 1 aromatic heterocycles. The monoisotopic (exact) mass is 300 g/mol. The minimum absolute atomic E-state index is 0.420. The van der Waals surface area contributed by atoms with Crippen molar-refractivity contribution in [3.63, 3.8) is 0 Å². The smallest absolute Gasteiger partial charge is 0.355 e. The topological polar surface area (TPSA) is 31.4 Å². The van der Waals surface area contributed by atoms with Crippen molar-refractivity contribution in [1.82, 2.24) is 15.2 Å². The third-order valence-electron chi connectivity index (χ3n) is 4.23. The highest BCUT2D eigenvalue weighted by Crippen LogP contribution is 2.31. The highest BCUT2D eigenvalue weighted by molar-refractivity contribution is 5.43. The third-order valence-corrected chi connectivity index (χ3v) is 4.23. The molecule has 2 aliphatic rings. The van der Waals surface area contributed by atoms with Crippen LogP contribution in [0.5, 0.6) is 0 Å². The fourth-order valence-corrected chi connectivity index (χ4v) is 3.06. The molecule has 0 saturated carbocycles. The number of halogens is 3. The first-order valence-corrected chi connectivity index (χ1v) is 7.27. The van der Waals surface area contributed by atoms with E-state index in [0.717, 1.165) is 57.8 Å². The fourth-order valence-electron chi connectivity index (χ4n) is 3.06. The molecule has 7 heteroatoms. The summed E-state index contributed by atoms with van der Waals surface area (Å²) in [6.07, 6.45) is -2.08. The highest BCUT2D eigenvalue weighted by atomic mass is 19.4. The standard InChI is InChI=1S/C14H19F3N4/c15-14(16,17)11-1-3-19-13(9-11)21-6-2-12(10-21)20-7-4-18-5-8-20/h1,3,9,12,18H,2,4-8,10H2. The van der Waals surface area contributed by atoms with E-state index in [4.69, 9.17) is 0 Å². The van der Waals surface area contributed by atoms with Crippen LogP contribution in [0.1, 0.15) is 12.0 Å². The summed E-state index contributed by atoms with van der Waals surface area (Å²) < 4.78 is 38.3. The Morgan fingerprint density at radius 1 is 1.19 bits per heavy atom. The number of hydrogen-bond acceptors (Lipinski definition) is 4. The van der Waals surface area contributed by atoms with Crippen molar-refractivity contribution in [3.05, 3.63) is 23.9 Å². The van der Waals surface area contributed by atoms with Crippen LogP contribution in [0.25, 0.3) is 0 Å². The Hall–Kier alpha value is -1.34. The zero-order valence-electron chi connectivity index (χ0n) is 11.7. The Labute approximate surface area is 121 Å². The number of aromatic nitrogens is 1. The van der Waals surface area contributed by atoms with E-state index in [1.807, 2.05) is 4.90 Å². The van der Waals surface area contributed by atoms with E-state index < -0.39 is 11.7 Å². The van der Waals surface area contributed by atoms with Gasteiger partial charge in [0.25, 0.3) is 0 Å². The predicted octanol–water partition coefficient (Wildman–Crippen LogP) is 1.58. The molecule has 0 amide bonds. The summed E-state index contributed by atoms with van der Waals surface area (Å²) in [6.45, 7) is 5.51. The van der Waals surface area contributed by atoms with Crippen LogP contribution in [0, 0.1) is 0 Å². The molecule has 21 heavy (non-hydrogen) atoms. The van der Waals surface area contributed by atoms with E-state index in [0.29, 0.717) is 11.9 Å². The van der Waals surface area contributed by atoms with Gasteiger partial charge in [-0.05, 0) is 18.6 Å². The van der Waals surface area contributed by atoms with Crippen molar-refractivity contribution < 1.29 is 13.2 Å². The Balaban J connectivity index is 1.68. The number of rotatable bonds is 2. The molecule has 0 bridgehead atoms. The molecule has 3 rings (SSSR count). The zero-order chi connectivity index (χ0) is 14.9. The average Bonchev–Trinajstić information content (AvgIpc) is 2.97. The second-order valence-electron chi connectivity index (χ2n) is 5.57. The van der Waals surface area contributed by atoms with Gasteiger partial charge in [-0.25, -0.2) is 4.98 Å². The van der Waals surface area contributed by atoms with Crippen LogP contribution in [0.3, 0.4) is 0 Å². The van der Waals surface area contributed by atoms with Crippen molar-refractivity contribution in [1.29, 1.82) is 0 Å². The first-order valence-electron chi connectivity index (χ1n) is 7.27. The average molecular weight is 300 g/mol. The molecular formula is C14H19F3N4. The Kier molecular flexibility index (Phi) is 4.03. The molecule has 1 N–H and O–H groups in total. The molecule has 2 saturated heterocycles. The van der Waals surface area contributed by atoms with Crippen LogP contribution in [0.4, 0.5) is 19.0 Å². The molecule has 1 atom stereocenters. The van der Waals surface area contributed by atoms with Gasteiger partial charge >= 0.3 is 6.18 Å². The SMILES string of the molecule is FC(F)(F)c1ccnc(N2CCC(N3CCNCC3)C2)c1. The van der Waals surface area contributed by atoms with Crippen molar-refractivity contribution in [2.24, 2.45) is 0 Å². The molecule has 2 aliphatic heterocycles. The summed E-state index contributed by atoms with van der Waals surface area (Å²) in [7, 11) is 0. The largest absolute Gasteiger partial charge is 0.416 e. The molecule has 1 aromatic rings. The predicted molar refractivity (Wildman–Crippen MR) is 74.3 cm³/mol.